The number of carbonyl (C=O) groups is 1. The van der Waals surface area contributed by atoms with Crippen molar-refractivity contribution in [2.45, 2.75) is 17.5 Å². The van der Waals surface area contributed by atoms with Gasteiger partial charge >= 0.3 is 0 Å². The van der Waals surface area contributed by atoms with Gasteiger partial charge in [-0.25, -0.2) is 0 Å². The second-order valence-electron chi connectivity index (χ2n) is 7.41. The normalized spacial score (nSPS) is 15.1. The van der Waals surface area contributed by atoms with Gasteiger partial charge in [-0.15, -0.1) is 11.8 Å². The standard InChI is InChI=1S/C25H20N2O2S/c28-23-14-17(13-19-9-6-8-18-7-4-5-12-21(18)19)15-24-27(23)22(16-30-24)25(29)26-20-10-2-1-3-11-20/h1-12,14-15,22H,13,16H2,(H,26,29). The van der Waals surface area contributed by atoms with Crippen LogP contribution in [0.15, 0.2) is 94.7 Å². The molecule has 1 aromatic heterocycles. The van der Waals surface area contributed by atoms with Crippen LogP contribution in [-0.2, 0) is 11.2 Å². The molecule has 5 rings (SSSR count). The zero-order valence-corrected chi connectivity index (χ0v) is 17.1. The van der Waals surface area contributed by atoms with Crippen molar-refractivity contribution in [2.75, 3.05) is 11.1 Å². The Balaban J connectivity index is 1.43. The highest BCUT2D eigenvalue weighted by molar-refractivity contribution is 7.99. The maximum absolute atomic E-state index is 12.9. The lowest BCUT2D eigenvalue weighted by atomic mass is 9.99. The van der Waals surface area contributed by atoms with Crippen LogP contribution >= 0.6 is 11.8 Å². The molecule has 4 nitrogen and oxygen atoms in total. The summed E-state index contributed by atoms with van der Waals surface area (Å²) in [5, 5.41) is 6.16. The van der Waals surface area contributed by atoms with Crippen LogP contribution in [0.25, 0.3) is 10.8 Å². The predicted molar refractivity (Wildman–Crippen MR) is 122 cm³/mol. The summed E-state index contributed by atoms with van der Waals surface area (Å²) in [6, 6.07) is 27.1. The minimum atomic E-state index is -0.496. The number of rotatable bonds is 4. The molecule has 1 atom stereocenters. The van der Waals surface area contributed by atoms with Gasteiger partial charge in [0.15, 0.2) is 0 Å². The summed E-state index contributed by atoms with van der Waals surface area (Å²) in [4.78, 5) is 25.7. The van der Waals surface area contributed by atoms with Crippen LogP contribution in [0.5, 0.6) is 0 Å². The lowest BCUT2D eigenvalue weighted by molar-refractivity contribution is -0.118. The first-order chi connectivity index (χ1) is 14.7. The molecule has 0 fully saturated rings. The fourth-order valence-electron chi connectivity index (χ4n) is 3.97. The fraction of sp³-hybridized carbons (Fsp3) is 0.120. The van der Waals surface area contributed by atoms with Crippen LogP contribution < -0.4 is 10.9 Å². The predicted octanol–water partition coefficient (Wildman–Crippen LogP) is 4.88. The van der Waals surface area contributed by atoms with Gasteiger partial charge in [-0.1, -0.05) is 60.7 Å². The molecule has 0 saturated heterocycles. The largest absolute Gasteiger partial charge is 0.324 e. The maximum atomic E-state index is 12.9. The lowest BCUT2D eigenvalue weighted by Gasteiger charge is -2.15. The molecule has 1 N–H and O–H groups in total. The molecule has 30 heavy (non-hydrogen) atoms. The Kier molecular flexibility index (Phi) is 4.89. The average Bonchev–Trinajstić information content (AvgIpc) is 3.20. The molecule has 0 aliphatic carbocycles. The zero-order chi connectivity index (χ0) is 20.5. The van der Waals surface area contributed by atoms with Gasteiger partial charge in [0.05, 0.1) is 5.03 Å². The van der Waals surface area contributed by atoms with E-state index in [0.29, 0.717) is 12.2 Å². The fourth-order valence-corrected chi connectivity index (χ4v) is 5.19. The van der Waals surface area contributed by atoms with Crippen LogP contribution in [0.2, 0.25) is 0 Å². The summed E-state index contributed by atoms with van der Waals surface area (Å²) in [5.41, 5.74) is 2.78. The van der Waals surface area contributed by atoms with Crippen molar-refractivity contribution in [3.63, 3.8) is 0 Å². The van der Waals surface area contributed by atoms with Gasteiger partial charge < -0.3 is 5.32 Å². The van der Waals surface area contributed by atoms with E-state index in [1.54, 1.807) is 22.4 Å². The molecule has 1 unspecified atom stereocenters. The minimum Gasteiger partial charge on any atom is -0.324 e. The van der Waals surface area contributed by atoms with Crippen molar-refractivity contribution in [3.8, 4) is 0 Å². The molecular formula is C25H20N2O2S. The smallest absolute Gasteiger partial charge is 0.252 e. The summed E-state index contributed by atoms with van der Waals surface area (Å²) in [6.45, 7) is 0. The minimum absolute atomic E-state index is 0.124. The molecule has 0 radical (unpaired) electrons. The molecule has 148 valence electrons. The molecule has 1 aliphatic rings. The first-order valence-corrected chi connectivity index (χ1v) is 10.9. The van der Waals surface area contributed by atoms with E-state index >= 15 is 0 Å². The third-order valence-electron chi connectivity index (χ3n) is 5.41. The van der Waals surface area contributed by atoms with E-state index in [-0.39, 0.29) is 11.5 Å². The first-order valence-electron chi connectivity index (χ1n) is 9.90. The van der Waals surface area contributed by atoms with E-state index in [2.05, 4.69) is 35.6 Å². The molecule has 0 saturated carbocycles. The SMILES string of the molecule is O=C(Nc1ccccc1)C1CSc2cc(Cc3cccc4ccccc34)cc(=O)n21. The second-order valence-corrected chi connectivity index (χ2v) is 8.45. The van der Waals surface area contributed by atoms with Crippen molar-refractivity contribution < 1.29 is 4.79 Å². The molecule has 3 aromatic carbocycles. The van der Waals surface area contributed by atoms with E-state index in [0.717, 1.165) is 16.3 Å². The summed E-state index contributed by atoms with van der Waals surface area (Å²) >= 11 is 1.56. The van der Waals surface area contributed by atoms with E-state index in [1.807, 2.05) is 48.5 Å². The maximum Gasteiger partial charge on any atom is 0.252 e. The van der Waals surface area contributed by atoms with Gasteiger partial charge in [0, 0.05) is 17.5 Å². The molecule has 4 aromatic rings. The number of aromatic nitrogens is 1. The van der Waals surface area contributed by atoms with Gasteiger partial charge in [-0.3, -0.25) is 14.2 Å². The quantitative estimate of drug-likeness (QED) is 0.520. The number of pyridine rings is 1. The van der Waals surface area contributed by atoms with E-state index in [1.165, 1.54) is 16.3 Å². The van der Waals surface area contributed by atoms with E-state index < -0.39 is 6.04 Å². The number of amides is 1. The number of anilines is 1. The van der Waals surface area contributed by atoms with Crippen molar-refractivity contribution >= 4 is 34.1 Å². The monoisotopic (exact) mass is 412 g/mol. The summed E-state index contributed by atoms with van der Waals surface area (Å²) in [7, 11) is 0. The van der Waals surface area contributed by atoms with Crippen LogP contribution in [0, 0.1) is 0 Å². The van der Waals surface area contributed by atoms with Gasteiger partial charge in [-0.05, 0) is 46.5 Å². The second kappa shape index (κ2) is 7.84. The number of para-hydroxylation sites is 1. The number of fused-ring (bicyclic) bond motifs is 2. The van der Waals surface area contributed by atoms with Crippen LogP contribution in [-0.4, -0.2) is 16.2 Å². The van der Waals surface area contributed by atoms with E-state index in [9.17, 15) is 9.59 Å². The van der Waals surface area contributed by atoms with E-state index in [4.69, 9.17) is 0 Å². The zero-order valence-electron chi connectivity index (χ0n) is 16.2. The first kappa shape index (κ1) is 18.7. The highest BCUT2D eigenvalue weighted by atomic mass is 32.2. The average molecular weight is 413 g/mol. The van der Waals surface area contributed by atoms with Crippen molar-refractivity contribution in [2.24, 2.45) is 0 Å². The van der Waals surface area contributed by atoms with Crippen molar-refractivity contribution in [1.29, 1.82) is 0 Å². The van der Waals surface area contributed by atoms with Crippen molar-refractivity contribution in [1.82, 2.24) is 4.57 Å². The van der Waals surface area contributed by atoms with Crippen LogP contribution in [0.3, 0.4) is 0 Å². The highest BCUT2D eigenvalue weighted by Crippen LogP contribution is 2.33. The lowest BCUT2D eigenvalue weighted by Crippen LogP contribution is -2.32. The number of nitrogens with one attached hydrogen (secondary N) is 1. The Bertz CT molecular complexity index is 1290. The summed E-state index contributed by atoms with van der Waals surface area (Å²) in [6.07, 6.45) is 0.686. The Morgan fingerprint density at radius 2 is 1.73 bits per heavy atom. The highest BCUT2D eigenvalue weighted by Gasteiger charge is 2.30. The summed E-state index contributed by atoms with van der Waals surface area (Å²) < 4.78 is 1.62. The number of carbonyl (C=O) groups excluding carboxylic acids is 1. The number of hydrogen-bond acceptors (Lipinski definition) is 3. The molecular weight excluding hydrogens is 392 g/mol. The Morgan fingerprint density at radius 1 is 0.967 bits per heavy atom. The Labute approximate surface area is 178 Å². The van der Waals surface area contributed by atoms with Crippen LogP contribution in [0.4, 0.5) is 5.69 Å². The molecule has 2 heterocycles. The number of benzene rings is 3. The molecule has 0 bridgehead atoms. The molecule has 5 heteroatoms. The third-order valence-corrected chi connectivity index (χ3v) is 6.50. The van der Waals surface area contributed by atoms with Gasteiger partial charge in [-0.2, -0.15) is 0 Å². The third kappa shape index (κ3) is 3.53. The number of nitrogens with zero attached hydrogens (tertiary/aromatic N) is 1. The number of thioether (sulfide) groups is 1. The molecule has 1 amide bonds. The summed E-state index contributed by atoms with van der Waals surface area (Å²) in [5.74, 6) is 0.405. The van der Waals surface area contributed by atoms with Gasteiger partial charge in [0.1, 0.15) is 6.04 Å². The molecule has 0 spiro atoms. The Hall–Kier alpha value is -3.31. The van der Waals surface area contributed by atoms with Gasteiger partial charge in [0.2, 0.25) is 5.91 Å². The van der Waals surface area contributed by atoms with Crippen LogP contribution in [0.1, 0.15) is 17.2 Å². The number of hydrogen-bond donors (Lipinski definition) is 1. The molecule has 1 aliphatic heterocycles. The van der Waals surface area contributed by atoms with Crippen molar-refractivity contribution in [3.05, 3.63) is 106 Å². The topological polar surface area (TPSA) is 51.1 Å². The van der Waals surface area contributed by atoms with Gasteiger partial charge in [0.25, 0.3) is 5.56 Å². The Morgan fingerprint density at radius 3 is 2.60 bits per heavy atom.